The zero-order valence-electron chi connectivity index (χ0n) is 24.4. The Morgan fingerprint density at radius 1 is 0.524 bits per heavy atom. The molecule has 0 aromatic heterocycles. The molecule has 0 N–H and O–H groups in total. The van der Waals surface area contributed by atoms with Crippen LogP contribution in [0.5, 0.6) is 0 Å². The molecule has 0 saturated carbocycles. The lowest BCUT2D eigenvalue weighted by Gasteiger charge is -2.20. The van der Waals surface area contributed by atoms with Crippen LogP contribution in [0.1, 0.15) is 99.8 Å². The summed E-state index contributed by atoms with van der Waals surface area (Å²) in [5.74, 6) is -6.33. The Kier molecular flexibility index (Phi) is 16.3. The van der Waals surface area contributed by atoms with E-state index in [1.165, 1.54) is 0 Å². The number of benzene rings is 1. The zero-order chi connectivity index (χ0) is 31.7. The summed E-state index contributed by atoms with van der Waals surface area (Å²) in [6.45, 7) is 6.55. The average Bonchev–Trinajstić information content (AvgIpc) is 2.94. The molecule has 0 atom stereocenters. The van der Waals surface area contributed by atoms with E-state index in [0.29, 0.717) is 51.4 Å². The second-order valence-electron chi connectivity index (χ2n) is 8.96. The van der Waals surface area contributed by atoms with Crippen molar-refractivity contribution in [2.75, 3.05) is 26.4 Å². The average molecular weight is 601 g/mol. The van der Waals surface area contributed by atoms with Crippen molar-refractivity contribution in [1.82, 2.24) is 9.80 Å². The molecule has 0 aliphatic carbocycles. The minimum Gasteiger partial charge on any atom is -0.449 e. The van der Waals surface area contributed by atoms with E-state index in [1.807, 2.05) is 0 Å². The first-order chi connectivity index (χ1) is 20.0. The van der Waals surface area contributed by atoms with Gasteiger partial charge in [0.15, 0.2) is 0 Å². The molecule has 0 fully saturated rings. The second-order valence-corrected chi connectivity index (χ2v) is 8.96. The standard InChI is InChI=1S/C28H38F2N2O10/c1-5-9-13-39-25(35)31(26(36)40-14-10-6-2)23(33)19-17-22(30)20(18-21(19)29)24(34)32(27(37)41-15-11-7-3)28(38)42-16-12-8-4/h17-18H,5-16H2,1-4H3. The topological polar surface area (TPSA) is 146 Å². The summed E-state index contributed by atoms with van der Waals surface area (Å²) in [5.41, 5.74) is -2.24. The van der Waals surface area contributed by atoms with E-state index in [9.17, 15) is 28.8 Å². The summed E-state index contributed by atoms with van der Waals surface area (Å²) in [5, 5.41) is 0. The Balaban J connectivity index is 3.41. The van der Waals surface area contributed by atoms with E-state index in [1.54, 1.807) is 27.7 Å². The minimum atomic E-state index is -1.62. The highest BCUT2D eigenvalue weighted by atomic mass is 19.1. The van der Waals surface area contributed by atoms with Crippen LogP contribution < -0.4 is 0 Å². The van der Waals surface area contributed by atoms with E-state index in [0.717, 1.165) is 0 Å². The Labute approximate surface area is 243 Å². The van der Waals surface area contributed by atoms with Gasteiger partial charge >= 0.3 is 24.4 Å². The predicted molar refractivity (Wildman–Crippen MR) is 144 cm³/mol. The molecule has 42 heavy (non-hydrogen) atoms. The van der Waals surface area contributed by atoms with Gasteiger partial charge in [0.2, 0.25) is 0 Å². The van der Waals surface area contributed by atoms with Crippen molar-refractivity contribution < 1.29 is 56.5 Å². The van der Waals surface area contributed by atoms with Crippen LogP contribution in [-0.4, -0.2) is 72.4 Å². The van der Waals surface area contributed by atoms with Gasteiger partial charge in [-0.25, -0.2) is 28.0 Å². The summed E-state index contributed by atoms with van der Waals surface area (Å²) in [7, 11) is 0. The lowest BCUT2D eigenvalue weighted by Crippen LogP contribution is -2.44. The maximum absolute atomic E-state index is 15.2. The van der Waals surface area contributed by atoms with Gasteiger partial charge in [0.1, 0.15) is 11.6 Å². The number of carbonyl (C=O) groups excluding carboxylic acids is 6. The largest absolute Gasteiger partial charge is 0.449 e. The second kappa shape index (κ2) is 19.1. The number of nitrogens with zero attached hydrogens (tertiary/aromatic N) is 2. The molecule has 0 saturated heterocycles. The molecular formula is C28H38F2N2O10. The molecule has 0 unspecified atom stereocenters. The highest BCUT2D eigenvalue weighted by molar-refractivity contribution is 6.15. The summed E-state index contributed by atoms with van der Waals surface area (Å²) < 4.78 is 50.0. The number of unbranched alkanes of at least 4 members (excludes halogenated alkanes) is 4. The SMILES string of the molecule is CCCCOC(=O)N(C(=O)OCCCC)C(=O)c1cc(F)c(C(=O)N(C(=O)OCCCC)C(=O)OCCCC)cc1F. The van der Waals surface area contributed by atoms with Gasteiger partial charge in [-0.05, 0) is 37.8 Å². The fourth-order valence-corrected chi connectivity index (χ4v) is 3.07. The fourth-order valence-electron chi connectivity index (χ4n) is 3.07. The molecule has 0 aliphatic rings. The van der Waals surface area contributed by atoms with E-state index in [2.05, 4.69) is 0 Å². The molecule has 234 valence electrons. The van der Waals surface area contributed by atoms with Crippen molar-refractivity contribution in [3.63, 3.8) is 0 Å². The van der Waals surface area contributed by atoms with Crippen molar-refractivity contribution in [2.24, 2.45) is 0 Å². The number of halogens is 2. The molecule has 1 rings (SSSR count). The van der Waals surface area contributed by atoms with E-state index < -0.39 is 58.9 Å². The van der Waals surface area contributed by atoms with E-state index in [4.69, 9.17) is 18.9 Å². The van der Waals surface area contributed by atoms with Crippen LogP contribution in [0.4, 0.5) is 28.0 Å². The van der Waals surface area contributed by atoms with Crippen molar-refractivity contribution in [3.8, 4) is 0 Å². The number of rotatable bonds is 14. The first-order valence-corrected chi connectivity index (χ1v) is 13.9. The quantitative estimate of drug-likeness (QED) is 0.169. The number of ether oxygens (including phenoxy) is 4. The predicted octanol–water partition coefficient (Wildman–Crippen LogP) is 6.60. The first-order valence-electron chi connectivity index (χ1n) is 13.9. The molecule has 0 radical (unpaired) electrons. The maximum atomic E-state index is 15.2. The number of hydrogen-bond acceptors (Lipinski definition) is 10. The molecule has 0 bridgehead atoms. The molecule has 1 aromatic rings. The van der Waals surface area contributed by atoms with Crippen molar-refractivity contribution >= 4 is 36.2 Å². The smallest absolute Gasteiger partial charge is 0.426 e. The Morgan fingerprint density at radius 3 is 0.976 bits per heavy atom. The lowest BCUT2D eigenvalue weighted by atomic mass is 10.1. The van der Waals surface area contributed by atoms with Crippen molar-refractivity contribution in [3.05, 3.63) is 34.9 Å². The zero-order valence-corrected chi connectivity index (χ0v) is 24.4. The van der Waals surface area contributed by atoms with Crippen LogP contribution >= 0.6 is 0 Å². The molecule has 0 heterocycles. The molecule has 0 aliphatic heterocycles. The van der Waals surface area contributed by atoms with Gasteiger partial charge in [0.05, 0.1) is 37.6 Å². The van der Waals surface area contributed by atoms with Crippen LogP contribution in [0.15, 0.2) is 12.1 Å². The summed E-state index contributed by atoms with van der Waals surface area (Å²) >= 11 is 0. The van der Waals surface area contributed by atoms with Crippen LogP contribution in [0, 0.1) is 11.6 Å². The highest BCUT2D eigenvalue weighted by Crippen LogP contribution is 2.21. The Bertz CT molecular complexity index is 983. The Morgan fingerprint density at radius 2 is 0.762 bits per heavy atom. The summed E-state index contributed by atoms with van der Waals surface area (Å²) in [4.78, 5) is 76.0. The van der Waals surface area contributed by atoms with Crippen LogP contribution in [-0.2, 0) is 18.9 Å². The molecule has 6 amide bonds. The number of hydrogen-bond donors (Lipinski definition) is 0. The maximum Gasteiger partial charge on any atom is 0.426 e. The monoisotopic (exact) mass is 600 g/mol. The van der Waals surface area contributed by atoms with Crippen LogP contribution in [0.3, 0.4) is 0 Å². The van der Waals surface area contributed by atoms with Gasteiger partial charge in [-0.1, -0.05) is 53.4 Å². The molecule has 0 spiro atoms. The third-order valence-electron chi connectivity index (χ3n) is 5.55. The van der Waals surface area contributed by atoms with Gasteiger partial charge in [-0.2, -0.15) is 0 Å². The number of imide groups is 6. The molecule has 14 heteroatoms. The normalized spacial score (nSPS) is 10.4. The van der Waals surface area contributed by atoms with Gasteiger partial charge in [0.25, 0.3) is 11.8 Å². The summed E-state index contributed by atoms with van der Waals surface area (Å²) in [6.07, 6.45) is -1.80. The lowest BCUT2D eigenvalue weighted by molar-refractivity contribution is 0.0539. The highest BCUT2D eigenvalue weighted by Gasteiger charge is 2.38. The van der Waals surface area contributed by atoms with Gasteiger partial charge < -0.3 is 18.9 Å². The Hall–Kier alpha value is -4.10. The third kappa shape index (κ3) is 10.7. The number of carbonyl (C=O) groups is 6. The van der Waals surface area contributed by atoms with Crippen LogP contribution in [0.25, 0.3) is 0 Å². The molecule has 1 aromatic carbocycles. The van der Waals surface area contributed by atoms with E-state index in [-0.39, 0.29) is 48.4 Å². The van der Waals surface area contributed by atoms with E-state index >= 15 is 8.78 Å². The molecule has 12 nitrogen and oxygen atoms in total. The van der Waals surface area contributed by atoms with Gasteiger partial charge in [-0.3, -0.25) is 9.59 Å². The van der Waals surface area contributed by atoms with Crippen LogP contribution in [0.2, 0.25) is 0 Å². The minimum absolute atomic E-state index is 0.118. The fraction of sp³-hybridized carbons (Fsp3) is 0.571. The number of amides is 6. The first kappa shape index (κ1) is 35.9. The summed E-state index contributed by atoms with van der Waals surface area (Å²) in [6, 6.07) is 0.499. The van der Waals surface area contributed by atoms with Crippen molar-refractivity contribution in [2.45, 2.75) is 79.1 Å². The molecular weight excluding hydrogens is 562 g/mol. The van der Waals surface area contributed by atoms with Crippen molar-refractivity contribution in [1.29, 1.82) is 0 Å². The van der Waals surface area contributed by atoms with Gasteiger partial charge in [0, 0.05) is 0 Å². The van der Waals surface area contributed by atoms with Gasteiger partial charge in [-0.15, -0.1) is 9.80 Å². The third-order valence-corrected chi connectivity index (χ3v) is 5.55.